The number of rotatable bonds is 5. The van der Waals surface area contributed by atoms with Crippen LogP contribution < -0.4 is 5.32 Å². The fraction of sp³-hybridized carbons (Fsp3) is 0.609. The summed E-state index contributed by atoms with van der Waals surface area (Å²) in [5.41, 5.74) is 0.473. The third-order valence-electron chi connectivity index (χ3n) is 5.64. The Hall–Kier alpha value is -2.09. The number of halogens is 1. The van der Waals surface area contributed by atoms with Crippen LogP contribution in [0.2, 0.25) is 0 Å². The Morgan fingerprint density at radius 2 is 1.90 bits per heavy atom. The number of hydrogen-bond acceptors (Lipinski definition) is 4. The summed E-state index contributed by atoms with van der Waals surface area (Å²) in [4.78, 5) is 41.3. The summed E-state index contributed by atoms with van der Waals surface area (Å²) in [6.07, 6.45) is 2.37. The van der Waals surface area contributed by atoms with E-state index >= 15 is 0 Å². The molecule has 0 bridgehead atoms. The number of carbonyl (C=O) groups excluding carboxylic acids is 3. The van der Waals surface area contributed by atoms with Crippen LogP contribution in [0.1, 0.15) is 52.0 Å². The molecule has 2 saturated heterocycles. The van der Waals surface area contributed by atoms with Crippen molar-refractivity contribution in [2.75, 3.05) is 19.6 Å². The van der Waals surface area contributed by atoms with Crippen LogP contribution in [0.3, 0.4) is 0 Å². The molecule has 2 atom stereocenters. The minimum absolute atomic E-state index is 0.0185. The maximum atomic E-state index is 13.3. The molecule has 0 spiro atoms. The minimum atomic E-state index is -0.536. The molecule has 2 fully saturated rings. The molecule has 0 aromatic heterocycles. The summed E-state index contributed by atoms with van der Waals surface area (Å²) in [6.45, 7) is 7.69. The maximum Gasteiger partial charge on any atom is 0.407 e. The Kier molecular flexibility index (Phi) is 7.62. The second kappa shape index (κ2) is 10.0. The van der Waals surface area contributed by atoms with E-state index in [-0.39, 0.29) is 17.7 Å². The minimum Gasteiger partial charge on any atom is -0.444 e. The summed E-state index contributed by atoms with van der Waals surface area (Å²) in [5.74, 6) is 0.230. The van der Waals surface area contributed by atoms with Crippen molar-refractivity contribution in [1.82, 2.24) is 15.1 Å². The van der Waals surface area contributed by atoms with Gasteiger partial charge in [-0.2, -0.15) is 0 Å². The first-order valence-electron chi connectivity index (χ1n) is 10.9. The van der Waals surface area contributed by atoms with Crippen molar-refractivity contribution in [3.63, 3.8) is 0 Å². The molecular weight excluding hydrogens is 462 g/mol. The van der Waals surface area contributed by atoms with Gasteiger partial charge in [-0.25, -0.2) is 4.79 Å². The van der Waals surface area contributed by atoms with E-state index in [1.807, 2.05) is 49.9 Å². The lowest BCUT2D eigenvalue weighted by atomic mass is 9.97. The molecule has 8 heteroatoms. The zero-order valence-corrected chi connectivity index (χ0v) is 20.1. The number of hydrogen-bond donors (Lipinski definition) is 1. The van der Waals surface area contributed by atoms with Crippen LogP contribution in [0.4, 0.5) is 4.79 Å². The highest BCUT2D eigenvalue weighted by Gasteiger charge is 2.39. The predicted molar refractivity (Wildman–Crippen MR) is 121 cm³/mol. The smallest absolute Gasteiger partial charge is 0.407 e. The highest BCUT2D eigenvalue weighted by molar-refractivity contribution is 9.10. The Morgan fingerprint density at radius 1 is 1.19 bits per heavy atom. The first-order chi connectivity index (χ1) is 14.6. The fourth-order valence-corrected chi connectivity index (χ4v) is 4.42. The lowest BCUT2D eigenvalue weighted by Crippen LogP contribution is -2.51. The zero-order chi connectivity index (χ0) is 22.6. The van der Waals surface area contributed by atoms with E-state index in [0.29, 0.717) is 39.0 Å². The topological polar surface area (TPSA) is 79.0 Å². The van der Waals surface area contributed by atoms with E-state index in [1.165, 1.54) is 0 Å². The van der Waals surface area contributed by atoms with Gasteiger partial charge in [-0.15, -0.1) is 0 Å². The third kappa shape index (κ3) is 6.69. The Labute approximate surface area is 192 Å². The number of benzene rings is 1. The van der Waals surface area contributed by atoms with Crippen molar-refractivity contribution in [3.8, 4) is 0 Å². The summed E-state index contributed by atoms with van der Waals surface area (Å²) in [6, 6.07) is 7.42. The summed E-state index contributed by atoms with van der Waals surface area (Å²) in [7, 11) is 0. The summed E-state index contributed by atoms with van der Waals surface area (Å²) >= 11 is 3.42. The van der Waals surface area contributed by atoms with Gasteiger partial charge in [0.15, 0.2) is 0 Å². The van der Waals surface area contributed by atoms with E-state index in [4.69, 9.17) is 4.74 Å². The van der Waals surface area contributed by atoms with Gasteiger partial charge in [-0.1, -0.05) is 28.1 Å². The Bertz CT molecular complexity index is 806. The van der Waals surface area contributed by atoms with E-state index in [1.54, 1.807) is 4.90 Å². The van der Waals surface area contributed by atoms with E-state index in [0.717, 1.165) is 22.9 Å². The van der Waals surface area contributed by atoms with Gasteiger partial charge in [0.2, 0.25) is 11.8 Å². The average molecular weight is 494 g/mol. The van der Waals surface area contributed by atoms with Gasteiger partial charge in [-0.3, -0.25) is 9.59 Å². The van der Waals surface area contributed by atoms with Crippen LogP contribution in [0.15, 0.2) is 28.7 Å². The molecule has 2 heterocycles. The van der Waals surface area contributed by atoms with E-state index in [2.05, 4.69) is 21.2 Å². The first-order valence-corrected chi connectivity index (χ1v) is 11.7. The largest absolute Gasteiger partial charge is 0.444 e. The number of likely N-dealkylation sites (tertiary alicyclic amines) is 2. The molecule has 3 rings (SSSR count). The highest BCUT2D eigenvalue weighted by Crippen LogP contribution is 2.26. The molecule has 1 aromatic rings. The van der Waals surface area contributed by atoms with Crippen molar-refractivity contribution >= 4 is 33.8 Å². The molecule has 3 amide bonds. The van der Waals surface area contributed by atoms with Crippen LogP contribution >= 0.6 is 15.9 Å². The monoisotopic (exact) mass is 493 g/mol. The normalized spacial score (nSPS) is 21.9. The van der Waals surface area contributed by atoms with Gasteiger partial charge in [-0.05, 0) is 63.6 Å². The molecule has 1 N–H and O–H groups in total. The van der Waals surface area contributed by atoms with E-state index < -0.39 is 17.7 Å². The number of amides is 3. The van der Waals surface area contributed by atoms with Gasteiger partial charge in [0.1, 0.15) is 11.6 Å². The van der Waals surface area contributed by atoms with Gasteiger partial charge in [0.05, 0.1) is 0 Å². The van der Waals surface area contributed by atoms with Gasteiger partial charge < -0.3 is 19.9 Å². The number of piperidine rings is 1. The highest BCUT2D eigenvalue weighted by atomic mass is 79.9. The van der Waals surface area contributed by atoms with Crippen LogP contribution in [-0.4, -0.2) is 59.0 Å². The first kappa shape index (κ1) is 23.6. The lowest BCUT2D eigenvalue weighted by Gasteiger charge is -2.36. The van der Waals surface area contributed by atoms with Crippen molar-refractivity contribution in [2.24, 2.45) is 5.92 Å². The molecule has 7 nitrogen and oxygen atoms in total. The van der Waals surface area contributed by atoms with Crippen LogP contribution in [0.25, 0.3) is 0 Å². The molecule has 170 valence electrons. The van der Waals surface area contributed by atoms with Gasteiger partial charge in [0.25, 0.3) is 0 Å². The molecule has 2 aliphatic heterocycles. The average Bonchev–Trinajstić information content (AvgIpc) is 3.07. The van der Waals surface area contributed by atoms with Gasteiger partial charge in [0, 0.05) is 37.1 Å². The number of ether oxygens (including phenoxy) is 1. The van der Waals surface area contributed by atoms with Crippen LogP contribution in [0.5, 0.6) is 0 Å². The van der Waals surface area contributed by atoms with Crippen molar-refractivity contribution in [2.45, 2.75) is 64.6 Å². The number of carbonyl (C=O) groups is 3. The van der Waals surface area contributed by atoms with Crippen LogP contribution in [0, 0.1) is 5.92 Å². The standard InChI is InChI=1S/C23H32BrN3O4/c1-23(2,3)31-22(30)25-13-17-5-4-12-26(14-17)21(29)19-10-11-20(28)27(19)15-16-6-8-18(24)9-7-16/h6-9,17,19H,4-5,10-15H2,1-3H3,(H,25,30)/t17-,19+/m1/s1. The van der Waals surface area contributed by atoms with Gasteiger partial charge >= 0.3 is 6.09 Å². The fourth-order valence-electron chi connectivity index (χ4n) is 4.16. The SMILES string of the molecule is CC(C)(C)OC(=O)NC[C@H]1CCCN(C(=O)[C@@H]2CCC(=O)N2Cc2ccc(Br)cc2)C1. The molecule has 0 aliphatic carbocycles. The molecule has 31 heavy (non-hydrogen) atoms. The van der Waals surface area contributed by atoms with E-state index in [9.17, 15) is 14.4 Å². The Balaban J connectivity index is 1.57. The molecular formula is C23H32BrN3O4. The Morgan fingerprint density at radius 3 is 2.58 bits per heavy atom. The molecule has 0 unspecified atom stereocenters. The number of alkyl carbamates (subject to hydrolysis) is 1. The molecule has 0 radical (unpaired) electrons. The zero-order valence-electron chi connectivity index (χ0n) is 18.5. The molecule has 2 aliphatic rings. The quantitative estimate of drug-likeness (QED) is 0.677. The molecule has 0 saturated carbocycles. The number of nitrogens with zero attached hydrogens (tertiary/aromatic N) is 2. The van der Waals surface area contributed by atoms with Crippen LogP contribution in [-0.2, 0) is 20.9 Å². The second-order valence-corrected chi connectivity index (χ2v) is 10.3. The van der Waals surface area contributed by atoms with Crippen molar-refractivity contribution in [3.05, 3.63) is 34.3 Å². The predicted octanol–water partition coefficient (Wildman–Crippen LogP) is 3.70. The maximum absolute atomic E-state index is 13.3. The van der Waals surface area contributed by atoms with Crippen molar-refractivity contribution in [1.29, 1.82) is 0 Å². The lowest BCUT2D eigenvalue weighted by molar-refractivity contribution is -0.143. The third-order valence-corrected chi connectivity index (χ3v) is 6.17. The van der Waals surface area contributed by atoms with Crippen molar-refractivity contribution < 1.29 is 19.1 Å². The summed E-state index contributed by atoms with van der Waals surface area (Å²) < 4.78 is 6.28. The second-order valence-electron chi connectivity index (χ2n) is 9.38. The summed E-state index contributed by atoms with van der Waals surface area (Å²) in [5, 5.41) is 2.82. The number of nitrogens with one attached hydrogen (secondary N) is 1. The molecule has 1 aromatic carbocycles.